The van der Waals surface area contributed by atoms with Gasteiger partial charge in [0, 0.05) is 23.7 Å². The van der Waals surface area contributed by atoms with Gasteiger partial charge in [-0.1, -0.05) is 40.1 Å². The van der Waals surface area contributed by atoms with Gasteiger partial charge in [-0.25, -0.2) is 0 Å². The molecule has 6 heteroatoms. The van der Waals surface area contributed by atoms with E-state index in [9.17, 15) is 4.79 Å². The predicted molar refractivity (Wildman–Crippen MR) is 76.4 cm³/mol. The monoisotopic (exact) mass is 338 g/mol. The van der Waals surface area contributed by atoms with Gasteiger partial charge in [0.05, 0.1) is 0 Å². The van der Waals surface area contributed by atoms with Crippen LogP contribution in [0.25, 0.3) is 0 Å². The van der Waals surface area contributed by atoms with E-state index in [1.165, 1.54) is 0 Å². The Morgan fingerprint density at radius 3 is 3.00 bits per heavy atom. The van der Waals surface area contributed by atoms with Crippen molar-refractivity contribution >= 4 is 21.9 Å². The van der Waals surface area contributed by atoms with Crippen molar-refractivity contribution in [3.8, 4) is 0 Å². The van der Waals surface area contributed by atoms with Crippen molar-refractivity contribution < 1.29 is 14.4 Å². The highest BCUT2D eigenvalue weighted by atomic mass is 79.9. The van der Waals surface area contributed by atoms with Crippen LogP contribution in [0.1, 0.15) is 30.6 Å². The van der Waals surface area contributed by atoms with Crippen molar-refractivity contribution in [2.45, 2.75) is 26.2 Å². The molecule has 0 spiro atoms. The Hall–Kier alpha value is -1.69. The lowest BCUT2D eigenvalue weighted by Crippen LogP contribution is -2.07. The predicted octanol–water partition coefficient (Wildman–Crippen LogP) is 3.08. The van der Waals surface area contributed by atoms with E-state index < -0.39 is 5.97 Å². The Morgan fingerprint density at radius 2 is 2.30 bits per heavy atom. The summed E-state index contributed by atoms with van der Waals surface area (Å²) in [4.78, 5) is 14.9. The summed E-state index contributed by atoms with van der Waals surface area (Å²) in [6.45, 7) is 1.85. The van der Waals surface area contributed by atoms with Crippen molar-refractivity contribution in [3.05, 3.63) is 46.0 Å². The number of carboxylic acid groups (broad SMARTS) is 1. The quantitative estimate of drug-likeness (QED) is 0.875. The summed E-state index contributed by atoms with van der Waals surface area (Å²) in [5, 5.41) is 12.6. The molecule has 0 radical (unpaired) electrons. The van der Waals surface area contributed by atoms with Gasteiger partial charge in [0.25, 0.3) is 0 Å². The van der Waals surface area contributed by atoms with Gasteiger partial charge in [0.1, 0.15) is 0 Å². The fraction of sp³-hybridized carbons (Fsp3) is 0.357. The average Bonchev–Trinajstić information content (AvgIpc) is 2.75. The number of carboxylic acids is 1. The molecule has 2 aromatic rings. The van der Waals surface area contributed by atoms with Gasteiger partial charge in [0.15, 0.2) is 5.82 Å². The number of aliphatic carboxylic acids is 1. The Morgan fingerprint density at radius 1 is 1.50 bits per heavy atom. The summed E-state index contributed by atoms with van der Waals surface area (Å²) in [5.74, 6) is 0.266. The van der Waals surface area contributed by atoms with E-state index in [0.29, 0.717) is 24.6 Å². The van der Waals surface area contributed by atoms with Crippen molar-refractivity contribution in [3.63, 3.8) is 0 Å². The molecular formula is C14H15BrN2O3. The molecule has 0 saturated heterocycles. The van der Waals surface area contributed by atoms with Crippen molar-refractivity contribution in [2.75, 3.05) is 0 Å². The third kappa shape index (κ3) is 4.45. The lowest BCUT2D eigenvalue weighted by atomic mass is 10.0. The molecule has 1 N–H and O–H groups in total. The fourth-order valence-corrected chi connectivity index (χ4v) is 2.39. The normalized spacial score (nSPS) is 12.3. The Labute approximate surface area is 125 Å². The minimum Gasteiger partial charge on any atom is -0.481 e. The van der Waals surface area contributed by atoms with Crippen LogP contribution < -0.4 is 0 Å². The molecule has 0 aliphatic carbocycles. The molecule has 0 fully saturated rings. The van der Waals surface area contributed by atoms with Gasteiger partial charge in [0.2, 0.25) is 5.89 Å². The average molecular weight is 339 g/mol. The van der Waals surface area contributed by atoms with Gasteiger partial charge < -0.3 is 9.63 Å². The molecule has 1 atom stereocenters. The number of aromatic nitrogens is 2. The molecule has 0 saturated carbocycles. The molecule has 1 unspecified atom stereocenters. The molecule has 1 aromatic heterocycles. The maximum Gasteiger partial charge on any atom is 0.303 e. The van der Waals surface area contributed by atoms with Crippen LogP contribution in [0.3, 0.4) is 0 Å². The molecule has 0 bridgehead atoms. The van der Waals surface area contributed by atoms with Crippen LogP contribution in [-0.2, 0) is 17.6 Å². The summed E-state index contributed by atoms with van der Waals surface area (Å²) < 4.78 is 6.16. The maximum absolute atomic E-state index is 10.6. The molecule has 2 rings (SSSR count). The highest BCUT2D eigenvalue weighted by Gasteiger charge is 2.14. The van der Waals surface area contributed by atoms with Gasteiger partial charge in [-0.3, -0.25) is 4.79 Å². The van der Waals surface area contributed by atoms with E-state index in [2.05, 4.69) is 26.1 Å². The molecule has 0 amide bonds. The van der Waals surface area contributed by atoms with Crippen LogP contribution in [0.2, 0.25) is 0 Å². The molecule has 1 aromatic carbocycles. The van der Waals surface area contributed by atoms with Gasteiger partial charge in [-0.15, -0.1) is 0 Å². The summed E-state index contributed by atoms with van der Waals surface area (Å²) in [5.41, 5.74) is 1.09. The molecule has 0 aliphatic heterocycles. The van der Waals surface area contributed by atoms with E-state index in [1.807, 2.05) is 31.2 Å². The number of benzene rings is 1. The van der Waals surface area contributed by atoms with Crippen molar-refractivity contribution in [1.82, 2.24) is 10.1 Å². The van der Waals surface area contributed by atoms with Crippen LogP contribution in [-0.4, -0.2) is 21.2 Å². The molecule has 0 aliphatic rings. The van der Waals surface area contributed by atoms with E-state index in [0.717, 1.165) is 10.0 Å². The molecule has 20 heavy (non-hydrogen) atoms. The first-order valence-corrected chi connectivity index (χ1v) is 7.10. The zero-order chi connectivity index (χ0) is 14.5. The summed E-state index contributed by atoms with van der Waals surface area (Å²) in [6, 6.07) is 7.91. The number of rotatable bonds is 6. The number of halogens is 1. The standard InChI is InChI=1S/C14H15BrN2O3/c1-9(6-14(18)19)5-13-16-12(17-20-13)8-10-3-2-4-11(15)7-10/h2-4,7,9H,5-6,8H2,1H3,(H,18,19). The fourth-order valence-electron chi connectivity index (χ4n) is 1.94. The largest absolute Gasteiger partial charge is 0.481 e. The minimum absolute atomic E-state index is 0.0216. The van der Waals surface area contributed by atoms with Crippen molar-refractivity contribution in [1.29, 1.82) is 0 Å². The lowest BCUT2D eigenvalue weighted by molar-refractivity contribution is -0.137. The molecule has 106 valence electrons. The second kappa shape index (κ2) is 6.65. The second-order valence-corrected chi connectivity index (χ2v) is 5.73. The van der Waals surface area contributed by atoms with Crippen LogP contribution >= 0.6 is 15.9 Å². The summed E-state index contributed by atoms with van der Waals surface area (Å²) in [6.07, 6.45) is 1.18. The number of carbonyl (C=O) groups is 1. The Bertz CT molecular complexity index is 598. The van der Waals surface area contributed by atoms with E-state index in [-0.39, 0.29) is 12.3 Å². The maximum atomic E-state index is 10.6. The minimum atomic E-state index is -0.814. The number of nitrogens with zero attached hydrogens (tertiary/aromatic N) is 2. The van der Waals surface area contributed by atoms with E-state index in [1.54, 1.807) is 0 Å². The number of hydrogen-bond acceptors (Lipinski definition) is 4. The van der Waals surface area contributed by atoms with Gasteiger partial charge in [-0.05, 0) is 23.6 Å². The first-order chi connectivity index (χ1) is 9.52. The lowest BCUT2D eigenvalue weighted by Gasteiger charge is -2.03. The van der Waals surface area contributed by atoms with Gasteiger partial charge in [-0.2, -0.15) is 4.98 Å². The summed E-state index contributed by atoms with van der Waals surface area (Å²) >= 11 is 3.42. The highest BCUT2D eigenvalue weighted by molar-refractivity contribution is 9.10. The first-order valence-electron chi connectivity index (χ1n) is 6.30. The van der Waals surface area contributed by atoms with Gasteiger partial charge >= 0.3 is 5.97 Å². The third-order valence-corrected chi connectivity index (χ3v) is 3.30. The zero-order valence-electron chi connectivity index (χ0n) is 11.0. The van der Waals surface area contributed by atoms with Crippen LogP contribution in [0, 0.1) is 5.92 Å². The third-order valence-electron chi connectivity index (χ3n) is 2.81. The Balaban J connectivity index is 1.97. The number of hydrogen-bond donors (Lipinski definition) is 1. The van der Waals surface area contributed by atoms with Crippen LogP contribution in [0.15, 0.2) is 33.3 Å². The van der Waals surface area contributed by atoms with Crippen LogP contribution in [0.4, 0.5) is 0 Å². The smallest absolute Gasteiger partial charge is 0.303 e. The summed E-state index contributed by atoms with van der Waals surface area (Å²) in [7, 11) is 0. The van der Waals surface area contributed by atoms with Crippen LogP contribution in [0.5, 0.6) is 0 Å². The van der Waals surface area contributed by atoms with E-state index in [4.69, 9.17) is 9.63 Å². The SMILES string of the molecule is CC(CC(=O)O)Cc1nc(Cc2cccc(Br)c2)no1. The van der Waals surface area contributed by atoms with Crippen molar-refractivity contribution in [2.24, 2.45) is 5.92 Å². The second-order valence-electron chi connectivity index (χ2n) is 4.82. The topological polar surface area (TPSA) is 76.2 Å². The first kappa shape index (κ1) is 14.7. The zero-order valence-corrected chi connectivity index (χ0v) is 12.6. The molecule has 1 heterocycles. The van der Waals surface area contributed by atoms with E-state index >= 15 is 0 Å². The molecular weight excluding hydrogens is 324 g/mol. The molecule has 5 nitrogen and oxygen atoms in total. The highest BCUT2D eigenvalue weighted by Crippen LogP contribution is 2.15. The Kier molecular flexibility index (Phi) is 4.89.